The van der Waals surface area contributed by atoms with Crippen LogP contribution in [0.5, 0.6) is 5.75 Å². The lowest BCUT2D eigenvalue weighted by atomic mass is 10.2. The number of anilines is 1. The number of aromatic nitrogens is 1. The number of carbonyl (C=O) groups excluding carboxylic acids is 1. The summed E-state index contributed by atoms with van der Waals surface area (Å²) in [5, 5.41) is -0.0578. The zero-order valence-electron chi connectivity index (χ0n) is 15.6. The molecule has 0 N–H and O–H groups in total. The lowest BCUT2D eigenvalue weighted by Crippen LogP contribution is -2.48. The fourth-order valence-electron chi connectivity index (χ4n) is 2.98. The summed E-state index contributed by atoms with van der Waals surface area (Å²) < 4.78 is 43.4. The Morgan fingerprint density at radius 2 is 1.93 bits per heavy atom. The highest BCUT2D eigenvalue weighted by Crippen LogP contribution is 2.33. The van der Waals surface area contributed by atoms with Crippen LogP contribution in [0.15, 0.2) is 42.6 Å². The maximum absolute atomic E-state index is 12.7. The summed E-state index contributed by atoms with van der Waals surface area (Å²) in [4.78, 5) is 19.7. The molecule has 0 radical (unpaired) electrons. The molecule has 2 heterocycles. The standard InChI is InChI=1S/C20H19ClF3N3O2/c1-29-16-4-2-3-14(11-16)5-6-18(28)26-7-9-27(10-8-26)19-17(21)12-15(13-25-19)20(22,23)24/h2-6,11-13H,7-10H2,1H3/b6-5+. The van der Waals surface area contributed by atoms with Crippen molar-refractivity contribution in [3.63, 3.8) is 0 Å². The van der Waals surface area contributed by atoms with Gasteiger partial charge in [0.25, 0.3) is 0 Å². The van der Waals surface area contributed by atoms with Crippen molar-refractivity contribution >= 4 is 29.4 Å². The highest BCUT2D eigenvalue weighted by atomic mass is 35.5. The second kappa shape index (κ2) is 8.73. The fourth-order valence-corrected chi connectivity index (χ4v) is 3.26. The number of ether oxygens (including phenoxy) is 1. The van der Waals surface area contributed by atoms with Gasteiger partial charge in [0.05, 0.1) is 17.7 Å². The highest BCUT2D eigenvalue weighted by Gasteiger charge is 2.32. The molecule has 154 valence electrons. The first-order valence-corrected chi connectivity index (χ1v) is 9.24. The van der Waals surface area contributed by atoms with Crippen LogP contribution in [0.1, 0.15) is 11.1 Å². The first-order chi connectivity index (χ1) is 13.8. The summed E-state index contributed by atoms with van der Waals surface area (Å²) in [5.74, 6) is 0.853. The van der Waals surface area contributed by atoms with Crippen LogP contribution in [-0.4, -0.2) is 49.1 Å². The van der Waals surface area contributed by atoms with Gasteiger partial charge in [0.2, 0.25) is 5.91 Å². The Bertz CT molecular complexity index is 910. The van der Waals surface area contributed by atoms with Gasteiger partial charge in [-0.05, 0) is 29.8 Å². The predicted octanol–water partition coefficient (Wildman–Crippen LogP) is 4.12. The normalized spacial score (nSPS) is 15.1. The number of alkyl halides is 3. The quantitative estimate of drug-likeness (QED) is 0.691. The molecule has 1 aromatic carbocycles. The van der Waals surface area contributed by atoms with E-state index in [1.807, 2.05) is 24.3 Å². The van der Waals surface area contributed by atoms with Crippen LogP contribution < -0.4 is 9.64 Å². The SMILES string of the molecule is COc1cccc(/C=C/C(=O)N2CCN(c3ncc(C(F)(F)F)cc3Cl)CC2)c1. The van der Waals surface area contributed by atoms with E-state index in [-0.39, 0.29) is 10.9 Å². The lowest BCUT2D eigenvalue weighted by molar-refractivity contribution is -0.137. The second-order valence-corrected chi connectivity index (χ2v) is 6.86. The van der Waals surface area contributed by atoms with Crippen molar-refractivity contribution in [3.8, 4) is 5.75 Å². The number of hydrogen-bond donors (Lipinski definition) is 0. The van der Waals surface area contributed by atoms with Crippen LogP contribution in [0.4, 0.5) is 19.0 Å². The minimum atomic E-state index is -4.49. The molecular weight excluding hydrogens is 407 g/mol. The molecule has 0 atom stereocenters. The van der Waals surface area contributed by atoms with Crippen LogP contribution in [0, 0.1) is 0 Å². The molecule has 1 aromatic heterocycles. The van der Waals surface area contributed by atoms with Crippen molar-refractivity contribution in [2.75, 3.05) is 38.2 Å². The van der Waals surface area contributed by atoms with Gasteiger partial charge in [0, 0.05) is 38.5 Å². The number of piperazine rings is 1. The van der Waals surface area contributed by atoms with Crippen LogP contribution in [-0.2, 0) is 11.0 Å². The average Bonchev–Trinajstić information content (AvgIpc) is 2.71. The molecule has 1 amide bonds. The maximum Gasteiger partial charge on any atom is 0.417 e. The van der Waals surface area contributed by atoms with Crippen molar-refractivity contribution in [2.45, 2.75) is 6.18 Å². The first-order valence-electron chi connectivity index (χ1n) is 8.86. The van der Waals surface area contributed by atoms with E-state index in [0.29, 0.717) is 37.7 Å². The number of methoxy groups -OCH3 is 1. The molecule has 29 heavy (non-hydrogen) atoms. The molecule has 1 fully saturated rings. The molecule has 1 aliphatic rings. The summed E-state index contributed by atoms with van der Waals surface area (Å²) in [7, 11) is 1.57. The third kappa shape index (κ3) is 5.20. The summed E-state index contributed by atoms with van der Waals surface area (Å²) >= 11 is 6.00. The number of pyridine rings is 1. The summed E-state index contributed by atoms with van der Waals surface area (Å²) in [5.41, 5.74) is -0.0418. The van der Waals surface area contributed by atoms with Gasteiger partial charge in [-0.3, -0.25) is 4.79 Å². The van der Waals surface area contributed by atoms with Gasteiger partial charge in [0.1, 0.15) is 11.6 Å². The minimum Gasteiger partial charge on any atom is -0.497 e. The first kappa shape index (κ1) is 21.0. The number of hydrogen-bond acceptors (Lipinski definition) is 4. The van der Waals surface area contributed by atoms with Crippen molar-refractivity contribution in [1.29, 1.82) is 0 Å². The smallest absolute Gasteiger partial charge is 0.417 e. The van der Waals surface area contributed by atoms with Crippen LogP contribution in [0.2, 0.25) is 5.02 Å². The molecule has 9 heteroatoms. The van der Waals surface area contributed by atoms with Crippen molar-refractivity contribution in [1.82, 2.24) is 9.88 Å². The molecule has 0 unspecified atom stereocenters. The number of carbonyl (C=O) groups is 1. The Labute approximate surface area is 171 Å². The molecule has 0 saturated carbocycles. The van der Waals surface area contributed by atoms with Gasteiger partial charge in [-0.25, -0.2) is 4.98 Å². The van der Waals surface area contributed by atoms with Crippen LogP contribution >= 0.6 is 11.6 Å². The molecule has 5 nitrogen and oxygen atoms in total. The topological polar surface area (TPSA) is 45.7 Å². The molecular formula is C20H19ClF3N3O2. The molecule has 2 aromatic rings. The van der Waals surface area contributed by atoms with Gasteiger partial charge in [0.15, 0.2) is 0 Å². The maximum atomic E-state index is 12.7. The van der Waals surface area contributed by atoms with Crippen LogP contribution in [0.25, 0.3) is 6.08 Å². The van der Waals surface area contributed by atoms with Crippen molar-refractivity contribution in [3.05, 3.63) is 58.8 Å². The van der Waals surface area contributed by atoms with Crippen molar-refractivity contribution < 1.29 is 22.7 Å². The zero-order chi connectivity index (χ0) is 21.0. The summed E-state index contributed by atoms with van der Waals surface area (Å²) in [6, 6.07) is 8.21. The van der Waals surface area contributed by atoms with Gasteiger partial charge < -0.3 is 14.5 Å². The van der Waals surface area contributed by atoms with E-state index in [2.05, 4.69) is 4.98 Å². The predicted molar refractivity (Wildman–Crippen MR) is 105 cm³/mol. The largest absolute Gasteiger partial charge is 0.497 e. The van der Waals surface area contributed by atoms with E-state index < -0.39 is 11.7 Å². The molecule has 0 spiro atoms. The van der Waals surface area contributed by atoms with E-state index in [0.717, 1.165) is 17.8 Å². The molecule has 3 rings (SSSR count). The Balaban J connectivity index is 1.60. The number of halogens is 4. The second-order valence-electron chi connectivity index (χ2n) is 6.45. The Morgan fingerprint density at radius 3 is 2.55 bits per heavy atom. The molecule has 1 saturated heterocycles. The number of rotatable bonds is 4. The summed E-state index contributed by atoms with van der Waals surface area (Å²) in [6.07, 6.45) is -0.510. The lowest BCUT2D eigenvalue weighted by Gasteiger charge is -2.35. The highest BCUT2D eigenvalue weighted by molar-refractivity contribution is 6.33. The monoisotopic (exact) mass is 425 g/mol. The zero-order valence-corrected chi connectivity index (χ0v) is 16.4. The third-order valence-electron chi connectivity index (χ3n) is 4.55. The number of benzene rings is 1. The average molecular weight is 426 g/mol. The number of amides is 1. The summed E-state index contributed by atoms with van der Waals surface area (Å²) in [6.45, 7) is 1.69. The Kier molecular flexibility index (Phi) is 6.32. The Hall–Kier alpha value is -2.74. The van der Waals surface area contributed by atoms with E-state index in [4.69, 9.17) is 16.3 Å². The van der Waals surface area contributed by atoms with E-state index in [1.54, 1.807) is 23.0 Å². The van der Waals surface area contributed by atoms with Gasteiger partial charge in [-0.15, -0.1) is 0 Å². The molecule has 0 aliphatic carbocycles. The minimum absolute atomic E-state index is 0.0578. The van der Waals surface area contributed by atoms with E-state index in [1.165, 1.54) is 6.08 Å². The number of nitrogens with zero attached hydrogens (tertiary/aromatic N) is 3. The van der Waals surface area contributed by atoms with Gasteiger partial charge in [-0.1, -0.05) is 23.7 Å². The van der Waals surface area contributed by atoms with Gasteiger partial charge in [-0.2, -0.15) is 13.2 Å². The molecule has 0 bridgehead atoms. The third-order valence-corrected chi connectivity index (χ3v) is 4.83. The van der Waals surface area contributed by atoms with E-state index >= 15 is 0 Å². The van der Waals surface area contributed by atoms with E-state index in [9.17, 15) is 18.0 Å². The fraction of sp³-hybridized carbons (Fsp3) is 0.300. The molecule has 1 aliphatic heterocycles. The van der Waals surface area contributed by atoms with Gasteiger partial charge >= 0.3 is 6.18 Å². The van der Waals surface area contributed by atoms with Crippen LogP contribution in [0.3, 0.4) is 0 Å². The van der Waals surface area contributed by atoms with Crippen molar-refractivity contribution in [2.24, 2.45) is 0 Å². The Morgan fingerprint density at radius 1 is 1.21 bits per heavy atom.